The van der Waals surface area contributed by atoms with E-state index in [4.69, 9.17) is 0 Å². The van der Waals surface area contributed by atoms with Crippen molar-refractivity contribution in [1.29, 1.82) is 0 Å². The average molecular weight is 346 g/mol. The molecule has 26 heavy (non-hydrogen) atoms. The summed E-state index contributed by atoms with van der Waals surface area (Å²) in [6.07, 6.45) is 1.11. The lowest BCUT2D eigenvalue weighted by Gasteiger charge is -2.31. The molecule has 1 aromatic heterocycles. The van der Waals surface area contributed by atoms with E-state index >= 15 is 0 Å². The summed E-state index contributed by atoms with van der Waals surface area (Å²) in [5.74, 6) is 0. The second kappa shape index (κ2) is 6.27. The predicted octanol–water partition coefficient (Wildman–Crippen LogP) is 5.10. The zero-order valence-corrected chi connectivity index (χ0v) is 16.0. The van der Waals surface area contributed by atoms with Crippen LogP contribution in [-0.2, 0) is 12.1 Å². The van der Waals surface area contributed by atoms with Crippen molar-refractivity contribution in [2.75, 3.05) is 11.4 Å². The van der Waals surface area contributed by atoms with E-state index < -0.39 is 0 Å². The molecule has 0 amide bonds. The van der Waals surface area contributed by atoms with E-state index in [1.54, 1.807) is 0 Å². The van der Waals surface area contributed by atoms with E-state index in [9.17, 15) is 0 Å². The van der Waals surface area contributed by atoms with Crippen molar-refractivity contribution in [2.45, 2.75) is 46.2 Å². The summed E-state index contributed by atoms with van der Waals surface area (Å²) in [4.78, 5) is 2.47. The van der Waals surface area contributed by atoms with Gasteiger partial charge >= 0.3 is 0 Å². The molecule has 2 aromatic carbocycles. The molecule has 3 aromatic rings. The van der Waals surface area contributed by atoms with E-state index in [-0.39, 0.29) is 5.54 Å². The van der Waals surface area contributed by atoms with Gasteiger partial charge < -0.3 is 4.90 Å². The minimum absolute atomic E-state index is 0.134. The van der Waals surface area contributed by atoms with Crippen LogP contribution in [0, 0.1) is 0 Å². The number of anilines is 1. The van der Waals surface area contributed by atoms with Gasteiger partial charge in [0, 0.05) is 29.9 Å². The number of hydrogen-bond acceptors (Lipinski definition) is 3. The van der Waals surface area contributed by atoms with E-state index in [0.29, 0.717) is 0 Å². The molecule has 4 heteroatoms. The molecule has 0 saturated heterocycles. The summed E-state index contributed by atoms with van der Waals surface area (Å²) in [6, 6.07) is 17.3. The number of benzene rings is 2. The van der Waals surface area contributed by atoms with Gasteiger partial charge in [0.2, 0.25) is 0 Å². The SMILES string of the molecule is CCCN1Cc2ccccc2-c2c(nnn2C(C)(C)C)-c2ccccc21. The Kier molecular flexibility index (Phi) is 4.06. The zero-order valence-electron chi connectivity index (χ0n) is 16.0. The lowest BCUT2D eigenvalue weighted by molar-refractivity contribution is 0.351. The molecule has 0 N–H and O–H groups in total. The van der Waals surface area contributed by atoms with E-state index in [1.807, 2.05) is 0 Å². The molecule has 0 fully saturated rings. The number of fused-ring (bicyclic) bond motifs is 5. The van der Waals surface area contributed by atoms with Crippen molar-refractivity contribution in [1.82, 2.24) is 15.0 Å². The number of aromatic nitrogens is 3. The molecule has 1 aliphatic rings. The maximum Gasteiger partial charge on any atom is 0.123 e. The second-order valence-electron chi connectivity index (χ2n) is 7.97. The van der Waals surface area contributed by atoms with Gasteiger partial charge in [-0.2, -0.15) is 0 Å². The molecule has 0 bridgehead atoms. The lowest BCUT2D eigenvalue weighted by Crippen LogP contribution is -2.27. The van der Waals surface area contributed by atoms with Gasteiger partial charge in [0.25, 0.3) is 0 Å². The Hall–Kier alpha value is -2.62. The monoisotopic (exact) mass is 346 g/mol. The van der Waals surface area contributed by atoms with E-state index in [2.05, 4.69) is 96.1 Å². The standard InChI is InChI=1S/C22H26N4/c1-5-14-25-15-16-10-6-7-11-17(16)21-20(18-12-8-9-13-19(18)25)23-24-26(21)22(2,3)4/h6-13H,5,14-15H2,1-4H3. The van der Waals surface area contributed by atoms with Gasteiger partial charge in [0.05, 0.1) is 11.2 Å². The summed E-state index contributed by atoms with van der Waals surface area (Å²) in [7, 11) is 0. The number of rotatable bonds is 2. The summed E-state index contributed by atoms with van der Waals surface area (Å²) in [5.41, 5.74) is 6.93. The Labute approximate surface area is 155 Å². The van der Waals surface area contributed by atoms with Crippen molar-refractivity contribution >= 4 is 5.69 Å². The second-order valence-corrected chi connectivity index (χ2v) is 7.97. The van der Waals surface area contributed by atoms with Gasteiger partial charge in [-0.15, -0.1) is 5.10 Å². The molecule has 4 rings (SSSR count). The molecule has 2 heterocycles. The van der Waals surface area contributed by atoms with Crippen LogP contribution in [0.4, 0.5) is 5.69 Å². The number of nitrogens with zero attached hydrogens (tertiary/aromatic N) is 4. The van der Waals surface area contributed by atoms with E-state index in [0.717, 1.165) is 30.9 Å². The number of para-hydroxylation sites is 1. The Bertz CT molecular complexity index is 933. The largest absolute Gasteiger partial charge is 0.367 e. The first-order valence-electron chi connectivity index (χ1n) is 9.39. The van der Waals surface area contributed by atoms with Gasteiger partial charge in [-0.1, -0.05) is 54.6 Å². The molecular weight excluding hydrogens is 320 g/mol. The minimum atomic E-state index is -0.134. The van der Waals surface area contributed by atoms with Gasteiger partial charge in [-0.05, 0) is 38.8 Å². The van der Waals surface area contributed by atoms with Crippen molar-refractivity contribution in [3.05, 3.63) is 54.1 Å². The Balaban J connectivity index is 2.06. The number of hydrogen-bond donors (Lipinski definition) is 0. The highest BCUT2D eigenvalue weighted by atomic mass is 15.5. The third kappa shape index (κ3) is 2.70. The van der Waals surface area contributed by atoms with Crippen molar-refractivity contribution < 1.29 is 0 Å². The highest BCUT2D eigenvalue weighted by molar-refractivity contribution is 5.88. The van der Waals surface area contributed by atoms with Crippen LogP contribution in [0.2, 0.25) is 0 Å². The highest BCUT2D eigenvalue weighted by Gasteiger charge is 2.29. The fraction of sp³-hybridized carbons (Fsp3) is 0.364. The average Bonchev–Trinajstić information content (AvgIpc) is 3.05. The van der Waals surface area contributed by atoms with E-state index in [1.165, 1.54) is 22.4 Å². The normalized spacial score (nSPS) is 13.5. The third-order valence-corrected chi connectivity index (χ3v) is 4.93. The Morgan fingerprint density at radius 3 is 2.38 bits per heavy atom. The molecule has 0 unspecified atom stereocenters. The molecule has 0 atom stereocenters. The molecule has 0 spiro atoms. The maximum absolute atomic E-state index is 4.65. The van der Waals surface area contributed by atoms with Crippen LogP contribution in [0.15, 0.2) is 48.5 Å². The first kappa shape index (κ1) is 16.8. The van der Waals surface area contributed by atoms with Crippen molar-refractivity contribution in [2.24, 2.45) is 0 Å². The van der Waals surface area contributed by atoms with Crippen LogP contribution < -0.4 is 4.90 Å². The van der Waals surface area contributed by atoms with Crippen LogP contribution >= 0.6 is 0 Å². The van der Waals surface area contributed by atoms with Gasteiger partial charge in [-0.25, -0.2) is 4.68 Å². The smallest absolute Gasteiger partial charge is 0.123 e. The first-order valence-corrected chi connectivity index (χ1v) is 9.39. The van der Waals surface area contributed by atoms with Crippen LogP contribution in [0.1, 0.15) is 39.7 Å². The third-order valence-electron chi connectivity index (χ3n) is 4.93. The van der Waals surface area contributed by atoms with Crippen LogP contribution in [0.25, 0.3) is 22.5 Å². The summed E-state index contributed by atoms with van der Waals surface area (Å²) < 4.78 is 2.08. The molecule has 134 valence electrons. The summed E-state index contributed by atoms with van der Waals surface area (Å²) >= 11 is 0. The zero-order chi connectivity index (χ0) is 18.3. The molecular formula is C22H26N4. The molecule has 1 aliphatic heterocycles. The van der Waals surface area contributed by atoms with Crippen molar-refractivity contribution in [3.8, 4) is 22.5 Å². The predicted molar refractivity (Wildman–Crippen MR) is 107 cm³/mol. The maximum atomic E-state index is 4.65. The van der Waals surface area contributed by atoms with Crippen LogP contribution in [-0.4, -0.2) is 21.5 Å². The van der Waals surface area contributed by atoms with Crippen molar-refractivity contribution in [3.63, 3.8) is 0 Å². The topological polar surface area (TPSA) is 34.0 Å². The molecule has 0 saturated carbocycles. The van der Waals surface area contributed by atoms with Gasteiger partial charge in [0.1, 0.15) is 5.69 Å². The lowest BCUT2D eigenvalue weighted by atomic mass is 9.94. The Morgan fingerprint density at radius 1 is 0.962 bits per heavy atom. The van der Waals surface area contributed by atoms with Crippen LogP contribution in [0.3, 0.4) is 0 Å². The quantitative estimate of drug-likeness (QED) is 0.647. The fourth-order valence-corrected chi connectivity index (χ4v) is 3.77. The fourth-order valence-electron chi connectivity index (χ4n) is 3.77. The molecule has 4 nitrogen and oxygen atoms in total. The van der Waals surface area contributed by atoms with Gasteiger partial charge in [-0.3, -0.25) is 0 Å². The highest BCUT2D eigenvalue weighted by Crippen LogP contribution is 2.42. The first-order chi connectivity index (χ1) is 12.5. The minimum Gasteiger partial charge on any atom is -0.367 e. The van der Waals surface area contributed by atoms with Gasteiger partial charge in [0.15, 0.2) is 0 Å². The molecule has 0 aliphatic carbocycles. The molecule has 0 radical (unpaired) electrons. The Morgan fingerprint density at radius 2 is 1.65 bits per heavy atom. The van der Waals surface area contributed by atoms with Crippen LogP contribution in [0.5, 0.6) is 0 Å². The summed E-state index contributed by atoms with van der Waals surface area (Å²) in [5, 5.41) is 9.22. The summed E-state index contributed by atoms with van der Waals surface area (Å²) in [6.45, 7) is 10.7.